The molecule has 1 aliphatic rings. The topological polar surface area (TPSA) is 105 Å². The first-order valence-corrected chi connectivity index (χ1v) is 8.79. The lowest BCUT2D eigenvalue weighted by molar-refractivity contribution is 0.122. The molecule has 4 heterocycles. The Morgan fingerprint density at radius 2 is 2.15 bits per heavy atom. The number of hydrogen-bond acceptors (Lipinski definition) is 7. The first-order chi connectivity index (χ1) is 13.3. The Labute approximate surface area is 156 Å². The van der Waals surface area contributed by atoms with E-state index < -0.39 is 0 Å². The number of H-pyrrole nitrogens is 1. The Kier molecular flexibility index (Phi) is 4.80. The highest BCUT2D eigenvalue weighted by Crippen LogP contribution is 2.30. The molecule has 0 spiro atoms. The first-order valence-electron chi connectivity index (χ1n) is 8.79. The number of aromatic nitrogens is 4. The van der Waals surface area contributed by atoms with Crippen molar-refractivity contribution in [1.82, 2.24) is 20.2 Å². The number of aromatic amines is 1. The summed E-state index contributed by atoms with van der Waals surface area (Å²) in [6.07, 6.45) is 6.78. The zero-order valence-electron chi connectivity index (χ0n) is 15.1. The Morgan fingerprint density at radius 3 is 2.85 bits per heavy atom. The molecule has 0 unspecified atom stereocenters. The van der Waals surface area contributed by atoms with Crippen LogP contribution in [0.1, 0.15) is 5.56 Å². The summed E-state index contributed by atoms with van der Waals surface area (Å²) in [5, 5.41) is 7.99. The van der Waals surface area contributed by atoms with Crippen LogP contribution < -0.4 is 10.6 Å². The molecule has 0 saturated carbocycles. The largest absolute Gasteiger partial charge is 0.405 e. The maximum atomic E-state index is 5.64. The predicted molar refractivity (Wildman–Crippen MR) is 106 cm³/mol. The molecular weight excluding hydrogens is 342 g/mol. The number of morpholine rings is 1. The van der Waals surface area contributed by atoms with Crippen LogP contribution in [0.3, 0.4) is 0 Å². The van der Waals surface area contributed by atoms with Crippen LogP contribution in [0.5, 0.6) is 0 Å². The summed E-state index contributed by atoms with van der Waals surface area (Å²) in [5.41, 5.74) is 9.78. The number of anilines is 1. The predicted octanol–water partition coefficient (Wildman–Crippen LogP) is 1.75. The molecule has 1 aliphatic heterocycles. The van der Waals surface area contributed by atoms with E-state index >= 15 is 0 Å². The van der Waals surface area contributed by atoms with Crippen molar-refractivity contribution in [2.24, 2.45) is 10.7 Å². The monoisotopic (exact) mass is 363 g/mol. The highest BCUT2D eigenvalue weighted by molar-refractivity contribution is 6.17. The first kappa shape index (κ1) is 17.2. The lowest BCUT2D eigenvalue weighted by Gasteiger charge is -2.28. The summed E-state index contributed by atoms with van der Waals surface area (Å²) in [6, 6.07) is 5.90. The van der Waals surface area contributed by atoms with Gasteiger partial charge in [-0.3, -0.25) is 15.1 Å². The maximum absolute atomic E-state index is 5.64. The van der Waals surface area contributed by atoms with Gasteiger partial charge >= 0.3 is 0 Å². The second-order valence-electron chi connectivity index (χ2n) is 6.12. The second-order valence-corrected chi connectivity index (χ2v) is 6.12. The van der Waals surface area contributed by atoms with Gasteiger partial charge in [0.15, 0.2) is 0 Å². The van der Waals surface area contributed by atoms with E-state index in [1.165, 1.54) is 6.20 Å². The molecule has 0 aliphatic carbocycles. The van der Waals surface area contributed by atoms with E-state index in [9.17, 15) is 0 Å². The SMILES string of the molecule is CN=C(/C=C\N)c1cc(N2CCOCC2)nc2c(-c3ccn[nH]3)nccc12. The third-order valence-corrected chi connectivity index (χ3v) is 4.58. The van der Waals surface area contributed by atoms with E-state index in [1.807, 2.05) is 12.1 Å². The number of fused-ring (bicyclic) bond motifs is 1. The van der Waals surface area contributed by atoms with Gasteiger partial charge in [0.05, 0.1) is 24.6 Å². The Balaban J connectivity index is 1.98. The Morgan fingerprint density at radius 1 is 1.30 bits per heavy atom. The highest BCUT2D eigenvalue weighted by atomic mass is 16.5. The minimum Gasteiger partial charge on any atom is -0.405 e. The number of allylic oxidation sites excluding steroid dienone is 1. The van der Waals surface area contributed by atoms with Crippen LogP contribution >= 0.6 is 0 Å². The Bertz CT molecular complexity index is 989. The standard InChI is InChI=1S/C19H21N7O/c1-21-15(2-5-20)14-12-17(26-8-10-27-11-9-26)24-18-13(14)3-6-22-19(18)16-4-7-23-25-16/h2-7,12H,8-11,20H2,1H3,(H,23,25)/b5-2-,21-15?. The van der Waals surface area contributed by atoms with Crippen LogP contribution in [0.25, 0.3) is 22.3 Å². The van der Waals surface area contributed by atoms with Crippen molar-refractivity contribution in [1.29, 1.82) is 0 Å². The van der Waals surface area contributed by atoms with Gasteiger partial charge in [0.2, 0.25) is 0 Å². The van der Waals surface area contributed by atoms with Crippen LogP contribution in [-0.2, 0) is 4.74 Å². The number of nitrogens with zero attached hydrogens (tertiary/aromatic N) is 5. The number of nitrogens with two attached hydrogens (primary N) is 1. The van der Waals surface area contributed by atoms with E-state index in [0.29, 0.717) is 13.2 Å². The third kappa shape index (κ3) is 3.26. The quantitative estimate of drug-likeness (QED) is 0.684. The van der Waals surface area contributed by atoms with Gasteiger partial charge in [-0.2, -0.15) is 5.10 Å². The summed E-state index contributed by atoms with van der Waals surface area (Å²) >= 11 is 0. The number of ether oxygens (including phenoxy) is 1. The Hall–Kier alpha value is -3.26. The van der Waals surface area contributed by atoms with E-state index in [-0.39, 0.29) is 0 Å². The van der Waals surface area contributed by atoms with E-state index in [1.54, 1.807) is 25.5 Å². The average Bonchev–Trinajstić information content (AvgIpc) is 3.26. The molecule has 0 amide bonds. The van der Waals surface area contributed by atoms with Crippen molar-refractivity contribution in [2.75, 3.05) is 38.3 Å². The van der Waals surface area contributed by atoms with Crippen molar-refractivity contribution in [3.05, 3.63) is 48.4 Å². The molecule has 8 nitrogen and oxygen atoms in total. The smallest absolute Gasteiger partial charge is 0.130 e. The number of pyridine rings is 2. The molecule has 1 fully saturated rings. The van der Waals surface area contributed by atoms with Crippen molar-refractivity contribution >= 4 is 22.4 Å². The zero-order valence-corrected chi connectivity index (χ0v) is 15.1. The summed E-state index contributed by atoms with van der Waals surface area (Å²) < 4.78 is 5.48. The molecule has 138 valence electrons. The van der Waals surface area contributed by atoms with Crippen molar-refractivity contribution < 1.29 is 4.74 Å². The van der Waals surface area contributed by atoms with E-state index in [2.05, 4.69) is 31.1 Å². The normalized spacial score (nSPS) is 15.7. The molecule has 3 aromatic rings. The fourth-order valence-electron chi connectivity index (χ4n) is 3.27. The number of hydrogen-bond donors (Lipinski definition) is 2. The van der Waals surface area contributed by atoms with Gasteiger partial charge in [0.25, 0.3) is 0 Å². The lowest BCUT2D eigenvalue weighted by atomic mass is 10.0. The molecule has 4 rings (SSSR count). The molecule has 0 radical (unpaired) electrons. The zero-order chi connectivity index (χ0) is 18.6. The fourth-order valence-corrected chi connectivity index (χ4v) is 3.27. The molecule has 0 bridgehead atoms. The minimum absolute atomic E-state index is 0.687. The molecule has 8 heteroatoms. The third-order valence-electron chi connectivity index (χ3n) is 4.58. The number of rotatable bonds is 4. The molecule has 1 saturated heterocycles. The van der Waals surface area contributed by atoms with Crippen LogP contribution in [0.4, 0.5) is 5.82 Å². The van der Waals surface area contributed by atoms with Gasteiger partial charge in [0.1, 0.15) is 17.0 Å². The maximum Gasteiger partial charge on any atom is 0.130 e. The van der Waals surface area contributed by atoms with Crippen molar-refractivity contribution in [3.8, 4) is 11.4 Å². The van der Waals surface area contributed by atoms with Crippen LogP contribution in [0, 0.1) is 0 Å². The van der Waals surface area contributed by atoms with Gasteiger partial charge in [-0.15, -0.1) is 0 Å². The van der Waals surface area contributed by atoms with Crippen molar-refractivity contribution in [3.63, 3.8) is 0 Å². The van der Waals surface area contributed by atoms with Gasteiger partial charge in [-0.05, 0) is 30.5 Å². The van der Waals surface area contributed by atoms with E-state index in [4.69, 9.17) is 15.5 Å². The number of aliphatic imine (C=N–C) groups is 1. The van der Waals surface area contributed by atoms with Crippen LogP contribution in [-0.4, -0.2) is 59.2 Å². The molecular formula is C19H21N7O. The molecule has 0 atom stereocenters. The second kappa shape index (κ2) is 7.55. The number of nitrogens with one attached hydrogen (secondary N) is 1. The van der Waals surface area contributed by atoms with Gasteiger partial charge in [-0.25, -0.2) is 4.98 Å². The van der Waals surface area contributed by atoms with Crippen LogP contribution in [0.15, 0.2) is 47.9 Å². The minimum atomic E-state index is 0.687. The fraction of sp³-hybridized carbons (Fsp3) is 0.263. The highest BCUT2D eigenvalue weighted by Gasteiger charge is 2.19. The van der Waals surface area contributed by atoms with Crippen molar-refractivity contribution in [2.45, 2.75) is 0 Å². The van der Waals surface area contributed by atoms with Gasteiger partial charge in [0, 0.05) is 43.5 Å². The summed E-state index contributed by atoms with van der Waals surface area (Å²) in [7, 11) is 1.76. The molecule has 0 aromatic carbocycles. The molecule has 3 aromatic heterocycles. The lowest BCUT2D eigenvalue weighted by Crippen LogP contribution is -2.36. The van der Waals surface area contributed by atoms with E-state index in [0.717, 1.165) is 52.5 Å². The summed E-state index contributed by atoms with van der Waals surface area (Å²) in [4.78, 5) is 16.1. The summed E-state index contributed by atoms with van der Waals surface area (Å²) in [5.74, 6) is 0.876. The molecule has 3 N–H and O–H groups in total. The van der Waals surface area contributed by atoms with Crippen LogP contribution in [0.2, 0.25) is 0 Å². The molecule has 27 heavy (non-hydrogen) atoms. The summed E-state index contributed by atoms with van der Waals surface area (Å²) in [6.45, 7) is 2.96. The van der Waals surface area contributed by atoms with Gasteiger partial charge in [-0.1, -0.05) is 0 Å². The van der Waals surface area contributed by atoms with Gasteiger partial charge < -0.3 is 15.4 Å². The average molecular weight is 363 g/mol.